The first kappa shape index (κ1) is 12.2. The molecule has 0 aliphatic heterocycles. The van der Waals surface area contributed by atoms with E-state index >= 15 is 0 Å². The molecule has 3 heteroatoms. The zero-order valence-electron chi connectivity index (χ0n) is 11.9. The van der Waals surface area contributed by atoms with E-state index in [1.54, 1.807) is 0 Å². The summed E-state index contributed by atoms with van der Waals surface area (Å²) >= 11 is 0. The van der Waals surface area contributed by atoms with Gasteiger partial charge in [-0.05, 0) is 79.5 Å². The van der Waals surface area contributed by atoms with Crippen molar-refractivity contribution in [3.8, 4) is 0 Å². The van der Waals surface area contributed by atoms with Gasteiger partial charge in [0.2, 0.25) is 0 Å². The van der Waals surface area contributed by atoms with Gasteiger partial charge >= 0.3 is 0 Å². The molecule has 106 valence electrons. The molecule has 3 N–H and O–H groups in total. The quantitative estimate of drug-likeness (QED) is 0.652. The minimum Gasteiger partial charge on any atom is -0.370 e. The first-order valence-electron chi connectivity index (χ1n) is 7.98. The molecule has 0 amide bonds. The highest BCUT2D eigenvalue weighted by Gasteiger charge is 2.46. The van der Waals surface area contributed by atoms with Crippen LogP contribution in [0.3, 0.4) is 0 Å². The molecule has 0 saturated heterocycles. The predicted molar refractivity (Wildman–Crippen MR) is 82.9 cm³/mol. The number of benzene rings is 1. The average Bonchev–Trinajstić information content (AvgIpc) is 3.33. The average molecular weight is 269 g/mol. The van der Waals surface area contributed by atoms with E-state index in [4.69, 9.17) is 5.73 Å². The fourth-order valence-electron chi connectivity index (χ4n) is 3.64. The Kier molecular flexibility index (Phi) is 2.94. The maximum Gasteiger partial charge on any atom is 0.193 e. The van der Waals surface area contributed by atoms with Gasteiger partial charge in [0.15, 0.2) is 5.96 Å². The largest absolute Gasteiger partial charge is 0.370 e. The number of hydrogen-bond acceptors (Lipinski definition) is 1. The van der Waals surface area contributed by atoms with Crippen molar-refractivity contribution in [2.75, 3.05) is 11.9 Å². The van der Waals surface area contributed by atoms with Gasteiger partial charge in [-0.3, -0.25) is 4.99 Å². The summed E-state index contributed by atoms with van der Waals surface area (Å²) in [6.45, 7) is 0.908. The topological polar surface area (TPSA) is 50.4 Å². The number of nitrogens with zero attached hydrogens (tertiary/aromatic N) is 1. The third-order valence-electron chi connectivity index (χ3n) is 5.07. The van der Waals surface area contributed by atoms with Crippen LogP contribution in [-0.4, -0.2) is 12.5 Å². The second-order valence-corrected chi connectivity index (χ2v) is 6.69. The molecule has 0 aromatic heterocycles. The van der Waals surface area contributed by atoms with Crippen LogP contribution in [0.5, 0.6) is 0 Å². The zero-order valence-corrected chi connectivity index (χ0v) is 11.9. The van der Waals surface area contributed by atoms with Gasteiger partial charge in [-0.25, -0.2) is 0 Å². The number of hydrogen-bond donors (Lipinski definition) is 2. The van der Waals surface area contributed by atoms with Crippen LogP contribution in [-0.2, 0) is 12.8 Å². The van der Waals surface area contributed by atoms with Crippen molar-refractivity contribution in [2.45, 2.75) is 38.5 Å². The fraction of sp³-hybridized carbons (Fsp3) is 0.588. The first-order chi connectivity index (χ1) is 9.79. The number of guanidine groups is 1. The molecule has 20 heavy (non-hydrogen) atoms. The van der Waals surface area contributed by atoms with Gasteiger partial charge in [0.25, 0.3) is 0 Å². The number of anilines is 1. The second kappa shape index (κ2) is 4.80. The predicted octanol–water partition coefficient (Wildman–Crippen LogP) is 2.95. The summed E-state index contributed by atoms with van der Waals surface area (Å²) in [5.74, 6) is 3.37. The number of nitrogens with one attached hydrogen (secondary N) is 1. The molecular weight excluding hydrogens is 246 g/mol. The lowest BCUT2D eigenvalue weighted by molar-refractivity contribution is 0.634. The summed E-state index contributed by atoms with van der Waals surface area (Å²) in [6.07, 6.45) is 7.99. The van der Waals surface area contributed by atoms with Crippen molar-refractivity contribution in [2.24, 2.45) is 28.5 Å². The molecule has 0 radical (unpaired) electrons. The Balaban J connectivity index is 1.33. The summed E-state index contributed by atoms with van der Waals surface area (Å²) in [7, 11) is 0. The van der Waals surface area contributed by atoms with Crippen LogP contribution in [0, 0.1) is 17.8 Å². The minimum absolute atomic E-state index is 0.574. The smallest absolute Gasteiger partial charge is 0.193 e. The van der Waals surface area contributed by atoms with Gasteiger partial charge < -0.3 is 11.1 Å². The third-order valence-corrected chi connectivity index (χ3v) is 5.07. The molecule has 4 rings (SSSR count). The first-order valence-corrected chi connectivity index (χ1v) is 7.98. The van der Waals surface area contributed by atoms with E-state index in [9.17, 15) is 0 Å². The number of aliphatic imine (C=N–C) groups is 1. The van der Waals surface area contributed by atoms with Crippen molar-refractivity contribution >= 4 is 11.6 Å². The molecule has 0 bridgehead atoms. The molecule has 1 aromatic rings. The Morgan fingerprint density at radius 2 is 2.10 bits per heavy atom. The maximum absolute atomic E-state index is 6.00. The highest BCUT2D eigenvalue weighted by molar-refractivity contribution is 5.92. The Labute approximate surface area is 120 Å². The van der Waals surface area contributed by atoms with Crippen LogP contribution >= 0.6 is 0 Å². The lowest BCUT2D eigenvalue weighted by Crippen LogP contribution is -2.23. The lowest BCUT2D eigenvalue weighted by atomic mass is 10.1. The maximum atomic E-state index is 6.00. The molecule has 2 saturated carbocycles. The van der Waals surface area contributed by atoms with E-state index in [2.05, 4.69) is 28.5 Å². The van der Waals surface area contributed by atoms with Gasteiger partial charge in [0.1, 0.15) is 0 Å². The van der Waals surface area contributed by atoms with Crippen molar-refractivity contribution in [3.63, 3.8) is 0 Å². The number of aryl methyl sites for hydroxylation is 2. The van der Waals surface area contributed by atoms with Crippen LogP contribution in [0.4, 0.5) is 5.69 Å². The monoisotopic (exact) mass is 269 g/mol. The van der Waals surface area contributed by atoms with Gasteiger partial charge in [0.05, 0.1) is 0 Å². The molecule has 2 atom stereocenters. The van der Waals surface area contributed by atoms with Crippen molar-refractivity contribution in [1.82, 2.24) is 0 Å². The summed E-state index contributed by atoms with van der Waals surface area (Å²) in [5.41, 5.74) is 10.1. The Bertz CT molecular complexity index is 545. The molecule has 0 spiro atoms. The van der Waals surface area contributed by atoms with E-state index in [-0.39, 0.29) is 0 Å². The molecule has 3 aliphatic carbocycles. The van der Waals surface area contributed by atoms with E-state index in [0.29, 0.717) is 5.96 Å². The van der Waals surface area contributed by atoms with E-state index < -0.39 is 0 Å². The van der Waals surface area contributed by atoms with E-state index in [1.165, 1.54) is 49.7 Å². The van der Waals surface area contributed by atoms with Crippen LogP contribution in [0.25, 0.3) is 0 Å². The highest BCUT2D eigenvalue weighted by Crippen LogP contribution is 2.54. The normalized spacial score (nSPS) is 28.3. The second-order valence-electron chi connectivity index (χ2n) is 6.69. The van der Waals surface area contributed by atoms with Crippen molar-refractivity contribution < 1.29 is 0 Å². The standard InChI is InChI=1S/C17H23N3/c18-17(19-10-14-9-16(14)12-4-5-12)20-15-7-6-11-2-1-3-13(11)8-15/h6-8,12,14,16H,1-5,9-10H2,(H3,18,19,20)/t14-,16-/m0/s1. The SMILES string of the molecule is NC(=NC[C@@H]1C[C@H]1C1CC1)Nc1ccc2c(c1)CCC2. The van der Waals surface area contributed by atoms with Gasteiger partial charge in [-0.1, -0.05) is 6.07 Å². The number of nitrogens with two attached hydrogens (primary N) is 1. The van der Waals surface area contributed by atoms with Crippen LogP contribution < -0.4 is 11.1 Å². The molecule has 0 heterocycles. The van der Waals surface area contributed by atoms with Gasteiger partial charge in [-0.2, -0.15) is 0 Å². The van der Waals surface area contributed by atoms with Gasteiger partial charge in [0, 0.05) is 12.2 Å². The molecule has 2 fully saturated rings. The van der Waals surface area contributed by atoms with Crippen LogP contribution in [0.2, 0.25) is 0 Å². The minimum atomic E-state index is 0.574. The van der Waals surface area contributed by atoms with E-state index in [0.717, 1.165) is 30.0 Å². The zero-order chi connectivity index (χ0) is 13.5. The highest BCUT2D eigenvalue weighted by atomic mass is 15.1. The molecule has 1 aromatic carbocycles. The van der Waals surface area contributed by atoms with Crippen molar-refractivity contribution in [1.29, 1.82) is 0 Å². The number of rotatable bonds is 4. The molecule has 3 aliphatic rings. The van der Waals surface area contributed by atoms with Gasteiger partial charge in [-0.15, -0.1) is 0 Å². The summed E-state index contributed by atoms with van der Waals surface area (Å²) in [6, 6.07) is 6.58. The van der Waals surface area contributed by atoms with E-state index in [1.807, 2.05) is 0 Å². The Hall–Kier alpha value is -1.51. The molecular formula is C17H23N3. The fourth-order valence-corrected chi connectivity index (χ4v) is 3.64. The summed E-state index contributed by atoms with van der Waals surface area (Å²) < 4.78 is 0. The lowest BCUT2D eigenvalue weighted by Gasteiger charge is -2.08. The molecule has 3 nitrogen and oxygen atoms in total. The van der Waals surface area contributed by atoms with Crippen LogP contribution in [0.15, 0.2) is 23.2 Å². The molecule has 0 unspecified atom stereocenters. The van der Waals surface area contributed by atoms with Crippen molar-refractivity contribution in [3.05, 3.63) is 29.3 Å². The number of fused-ring (bicyclic) bond motifs is 1. The third kappa shape index (κ3) is 2.54. The summed E-state index contributed by atoms with van der Waals surface area (Å²) in [4.78, 5) is 4.52. The Morgan fingerprint density at radius 3 is 2.95 bits per heavy atom. The Morgan fingerprint density at radius 1 is 1.25 bits per heavy atom. The summed E-state index contributed by atoms with van der Waals surface area (Å²) in [5, 5.41) is 3.24. The van der Waals surface area contributed by atoms with Crippen LogP contribution in [0.1, 0.15) is 36.8 Å².